The molecule has 232 valence electrons. The Morgan fingerprint density at radius 1 is 1.02 bits per heavy atom. The number of imide groups is 1. The lowest BCUT2D eigenvalue weighted by atomic mass is 10.00. The molecular weight excluding hydrogens is 556 g/mol. The Balaban J connectivity index is 0.965. The highest BCUT2D eigenvalue weighted by molar-refractivity contribution is 6.05. The molecule has 0 saturated carbocycles. The smallest absolute Gasteiger partial charge is 0.255 e. The maximum atomic E-state index is 13.1. The standard InChI is InChI=1S/C34H42N6O4/c1-22(35)27-19-36-15-11-29(27)37-25-12-16-39(17-13-25)20-24-7-5-23(6-8-24)14-18-44-31-4-2-3-26-28(31)21-40(34(26)43)30-9-10-32(41)38-33(30)42/h2-8,25,30,36-37H,1,9-21,35H2,(H,38,41,42). The molecule has 1 unspecified atom stereocenters. The van der Waals surface area contributed by atoms with Crippen molar-refractivity contribution in [2.75, 3.05) is 32.8 Å². The quantitative estimate of drug-likeness (QED) is 0.307. The first kappa shape index (κ1) is 29.9. The van der Waals surface area contributed by atoms with E-state index in [1.807, 2.05) is 12.1 Å². The van der Waals surface area contributed by atoms with E-state index in [0.717, 1.165) is 69.5 Å². The van der Waals surface area contributed by atoms with Crippen molar-refractivity contribution in [1.82, 2.24) is 25.8 Å². The van der Waals surface area contributed by atoms with E-state index in [1.54, 1.807) is 11.0 Å². The number of amides is 3. The van der Waals surface area contributed by atoms with Crippen molar-refractivity contribution in [1.29, 1.82) is 0 Å². The Kier molecular flexibility index (Phi) is 8.99. The summed E-state index contributed by atoms with van der Waals surface area (Å²) in [5, 5.41) is 9.49. The predicted molar refractivity (Wildman–Crippen MR) is 167 cm³/mol. The number of nitrogens with zero attached hydrogens (tertiary/aromatic N) is 2. The zero-order valence-electron chi connectivity index (χ0n) is 25.2. The van der Waals surface area contributed by atoms with Crippen LogP contribution < -0.4 is 26.4 Å². The molecule has 10 heteroatoms. The molecule has 0 aromatic heterocycles. The first-order valence-electron chi connectivity index (χ1n) is 15.7. The highest BCUT2D eigenvalue weighted by Crippen LogP contribution is 2.33. The summed E-state index contributed by atoms with van der Waals surface area (Å²) >= 11 is 0. The average Bonchev–Trinajstić information content (AvgIpc) is 3.36. The SMILES string of the molecule is C=C(N)C1=C(NC2CCN(Cc3ccc(CCOc4cccc5c4CN(C4CCC(=O)NC4=O)C5=O)cc3)CC2)CCNC1. The van der Waals surface area contributed by atoms with Gasteiger partial charge in [-0.3, -0.25) is 24.6 Å². The normalized spacial score (nSPS) is 21.3. The van der Waals surface area contributed by atoms with Gasteiger partial charge in [0, 0.05) is 86.1 Å². The van der Waals surface area contributed by atoms with Gasteiger partial charge in [-0.15, -0.1) is 0 Å². The first-order valence-corrected chi connectivity index (χ1v) is 15.7. The lowest BCUT2D eigenvalue weighted by Gasteiger charge is -2.35. The zero-order valence-corrected chi connectivity index (χ0v) is 25.2. The molecule has 4 heterocycles. The average molecular weight is 599 g/mol. The number of hydrogen-bond acceptors (Lipinski definition) is 8. The molecular formula is C34H42N6O4. The molecule has 10 nitrogen and oxygen atoms in total. The van der Waals surface area contributed by atoms with E-state index in [-0.39, 0.29) is 18.2 Å². The molecule has 6 rings (SSSR count). The molecule has 2 saturated heterocycles. The Morgan fingerprint density at radius 2 is 1.80 bits per heavy atom. The largest absolute Gasteiger partial charge is 0.493 e. The fraction of sp³-hybridized carbons (Fsp3) is 0.441. The molecule has 0 bridgehead atoms. The lowest BCUT2D eigenvalue weighted by molar-refractivity contribution is -0.136. The number of nitrogens with one attached hydrogen (secondary N) is 3. The second-order valence-electron chi connectivity index (χ2n) is 12.2. The minimum Gasteiger partial charge on any atom is -0.493 e. The minimum absolute atomic E-state index is 0.192. The van der Waals surface area contributed by atoms with Crippen LogP contribution in [0.25, 0.3) is 0 Å². The van der Waals surface area contributed by atoms with Gasteiger partial charge >= 0.3 is 0 Å². The molecule has 0 spiro atoms. The van der Waals surface area contributed by atoms with Gasteiger partial charge in [0.05, 0.1) is 13.2 Å². The fourth-order valence-electron chi connectivity index (χ4n) is 6.67. The number of benzene rings is 2. The molecule has 0 radical (unpaired) electrons. The molecule has 44 heavy (non-hydrogen) atoms. The Bertz CT molecular complexity index is 1460. The van der Waals surface area contributed by atoms with Gasteiger partial charge in [-0.25, -0.2) is 0 Å². The summed E-state index contributed by atoms with van der Waals surface area (Å²) in [6.07, 6.45) is 4.51. The highest BCUT2D eigenvalue weighted by Gasteiger charge is 2.40. The van der Waals surface area contributed by atoms with Crippen LogP contribution in [0.1, 0.15) is 59.2 Å². The highest BCUT2D eigenvalue weighted by atomic mass is 16.5. The van der Waals surface area contributed by atoms with Crippen LogP contribution in [0, 0.1) is 0 Å². The van der Waals surface area contributed by atoms with E-state index in [4.69, 9.17) is 10.5 Å². The molecule has 2 aromatic carbocycles. The van der Waals surface area contributed by atoms with E-state index in [2.05, 4.69) is 51.7 Å². The Morgan fingerprint density at radius 3 is 2.55 bits per heavy atom. The maximum Gasteiger partial charge on any atom is 0.255 e. The van der Waals surface area contributed by atoms with Gasteiger partial charge in [0.2, 0.25) is 11.8 Å². The van der Waals surface area contributed by atoms with Gasteiger partial charge in [0.15, 0.2) is 0 Å². The number of carbonyl (C=O) groups excluding carboxylic acids is 3. The minimum atomic E-state index is -0.635. The van der Waals surface area contributed by atoms with E-state index >= 15 is 0 Å². The van der Waals surface area contributed by atoms with Crippen molar-refractivity contribution >= 4 is 17.7 Å². The van der Waals surface area contributed by atoms with Gasteiger partial charge in [-0.2, -0.15) is 0 Å². The van der Waals surface area contributed by atoms with E-state index in [1.165, 1.54) is 16.8 Å². The topological polar surface area (TPSA) is 129 Å². The molecule has 4 aliphatic heterocycles. The van der Waals surface area contributed by atoms with Crippen LogP contribution in [-0.4, -0.2) is 72.4 Å². The van der Waals surface area contributed by atoms with Gasteiger partial charge < -0.3 is 26.0 Å². The summed E-state index contributed by atoms with van der Waals surface area (Å²) in [5.41, 5.74) is 12.9. The zero-order chi connectivity index (χ0) is 30.6. The molecule has 1 atom stereocenters. The maximum absolute atomic E-state index is 13.1. The molecule has 0 aliphatic carbocycles. The molecule has 4 aliphatic rings. The van der Waals surface area contributed by atoms with E-state index in [9.17, 15) is 14.4 Å². The third kappa shape index (κ3) is 6.66. The van der Waals surface area contributed by atoms with Crippen LogP contribution in [-0.2, 0) is 29.1 Å². The Labute approximate surface area is 258 Å². The summed E-state index contributed by atoms with van der Waals surface area (Å²) < 4.78 is 6.15. The number of rotatable bonds is 10. The van der Waals surface area contributed by atoms with E-state index in [0.29, 0.717) is 42.6 Å². The van der Waals surface area contributed by atoms with E-state index < -0.39 is 11.9 Å². The number of nitrogens with two attached hydrogens (primary N) is 1. The molecule has 2 aromatic rings. The van der Waals surface area contributed by atoms with Crippen LogP contribution >= 0.6 is 0 Å². The number of likely N-dealkylation sites (tertiary alicyclic amines) is 1. The van der Waals surface area contributed by atoms with Crippen molar-refractivity contribution in [2.24, 2.45) is 5.73 Å². The summed E-state index contributed by atoms with van der Waals surface area (Å²) in [6, 6.07) is 14.0. The number of fused-ring (bicyclic) bond motifs is 1. The summed E-state index contributed by atoms with van der Waals surface area (Å²) in [4.78, 5) is 41.1. The third-order valence-electron chi connectivity index (χ3n) is 9.19. The van der Waals surface area contributed by atoms with Crippen LogP contribution in [0.2, 0.25) is 0 Å². The van der Waals surface area contributed by atoms with Gasteiger partial charge in [-0.1, -0.05) is 36.9 Å². The second-order valence-corrected chi connectivity index (χ2v) is 12.2. The van der Waals surface area contributed by atoms with Crippen molar-refractivity contribution in [2.45, 2.75) is 63.7 Å². The first-order chi connectivity index (χ1) is 21.4. The van der Waals surface area contributed by atoms with Crippen molar-refractivity contribution in [3.05, 3.63) is 88.3 Å². The number of hydrogen-bond donors (Lipinski definition) is 4. The number of ether oxygens (including phenoxy) is 1. The summed E-state index contributed by atoms with van der Waals surface area (Å²) in [7, 11) is 0. The molecule has 2 fully saturated rings. The van der Waals surface area contributed by atoms with Crippen LogP contribution in [0.15, 0.2) is 66.0 Å². The third-order valence-corrected chi connectivity index (χ3v) is 9.19. The van der Waals surface area contributed by atoms with Crippen LogP contribution in [0.3, 0.4) is 0 Å². The summed E-state index contributed by atoms with van der Waals surface area (Å²) in [6.45, 7) is 9.55. The molecule has 5 N–H and O–H groups in total. The van der Waals surface area contributed by atoms with Gasteiger partial charge in [-0.05, 0) is 42.5 Å². The summed E-state index contributed by atoms with van der Waals surface area (Å²) in [5.74, 6) is -0.225. The van der Waals surface area contributed by atoms with Gasteiger partial charge in [0.1, 0.15) is 11.8 Å². The lowest BCUT2D eigenvalue weighted by Crippen LogP contribution is -2.52. The van der Waals surface area contributed by atoms with Gasteiger partial charge in [0.25, 0.3) is 5.91 Å². The second kappa shape index (κ2) is 13.2. The Hall–Kier alpha value is -4.15. The van der Waals surface area contributed by atoms with Crippen molar-refractivity contribution in [3.63, 3.8) is 0 Å². The monoisotopic (exact) mass is 598 g/mol. The number of carbonyl (C=O) groups is 3. The van der Waals surface area contributed by atoms with Crippen LogP contribution in [0.4, 0.5) is 0 Å². The fourth-order valence-corrected chi connectivity index (χ4v) is 6.67. The van der Waals surface area contributed by atoms with Crippen molar-refractivity contribution in [3.8, 4) is 5.75 Å². The number of piperidine rings is 2. The van der Waals surface area contributed by atoms with Crippen molar-refractivity contribution < 1.29 is 19.1 Å². The van der Waals surface area contributed by atoms with Crippen LogP contribution in [0.5, 0.6) is 5.75 Å². The molecule has 3 amide bonds. The predicted octanol–water partition coefficient (Wildman–Crippen LogP) is 2.34.